The zero-order valence-electron chi connectivity index (χ0n) is 14.9. The summed E-state index contributed by atoms with van der Waals surface area (Å²) in [5.41, 5.74) is 7.04. The van der Waals surface area contributed by atoms with Gasteiger partial charge < -0.3 is 10.5 Å². The summed E-state index contributed by atoms with van der Waals surface area (Å²) in [5.74, 6) is 1.41. The molecule has 2 aliphatic rings. The lowest BCUT2D eigenvalue weighted by Crippen LogP contribution is -2.50. The van der Waals surface area contributed by atoms with Crippen LogP contribution in [-0.4, -0.2) is 64.7 Å². The highest BCUT2D eigenvalue weighted by Crippen LogP contribution is 2.22. The predicted octanol–water partition coefficient (Wildman–Crippen LogP) is 1.90. The average molecular weight is 341 g/mol. The minimum absolute atomic E-state index is 0.362. The number of aromatic nitrogens is 2. The number of hydrogen-bond donors (Lipinski definition) is 1. The number of likely N-dealkylation sites (tertiary alicyclic amines) is 1. The molecule has 2 aliphatic heterocycles. The number of para-hydroxylation sites is 1. The summed E-state index contributed by atoms with van der Waals surface area (Å²) in [5, 5.41) is 0.936. The Bertz CT molecular complexity index is 729. The molecule has 1 aromatic carbocycles. The maximum atomic E-state index is 6.11. The Morgan fingerprint density at radius 1 is 1.16 bits per heavy atom. The van der Waals surface area contributed by atoms with Gasteiger partial charge in [0.25, 0.3) is 0 Å². The SMILES string of the molecule is C[C@@H]1CN(C2CCN(Cc3nc(N)c4ccccc4n3)CC2)CCO1. The fourth-order valence-electron chi connectivity index (χ4n) is 4.04. The van der Waals surface area contributed by atoms with Crippen LogP contribution in [0.5, 0.6) is 0 Å². The summed E-state index contributed by atoms with van der Waals surface area (Å²) in [6, 6.07) is 8.63. The van der Waals surface area contributed by atoms with Crippen molar-refractivity contribution in [3.8, 4) is 0 Å². The van der Waals surface area contributed by atoms with Crippen LogP contribution in [0.2, 0.25) is 0 Å². The number of hydrogen-bond acceptors (Lipinski definition) is 6. The van der Waals surface area contributed by atoms with Gasteiger partial charge >= 0.3 is 0 Å². The van der Waals surface area contributed by atoms with Crippen LogP contribution in [0.4, 0.5) is 5.82 Å². The van der Waals surface area contributed by atoms with Gasteiger partial charge in [-0.25, -0.2) is 9.97 Å². The fraction of sp³-hybridized carbons (Fsp3) is 0.579. The molecule has 0 bridgehead atoms. The molecule has 1 atom stereocenters. The zero-order valence-corrected chi connectivity index (χ0v) is 14.9. The number of nitrogen functional groups attached to an aromatic ring is 1. The van der Waals surface area contributed by atoms with Crippen molar-refractivity contribution in [1.29, 1.82) is 0 Å². The summed E-state index contributed by atoms with van der Waals surface area (Å²) >= 11 is 0. The molecule has 0 unspecified atom stereocenters. The van der Waals surface area contributed by atoms with Gasteiger partial charge in [0.05, 0.1) is 24.8 Å². The maximum absolute atomic E-state index is 6.11. The molecule has 0 radical (unpaired) electrons. The lowest BCUT2D eigenvalue weighted by molar-refractivity contribution is -0.0438. The monoisotopic (exact) mass is 341 g/mol. The van der Waals surface area contributed by atoms with E-state index in [1.54, 1.807) is 0 Å². The number of morpholine rings is 1. The highest BCUT2D eigenvalue weighted by molar-refractivity contribution is 5.87. The molecule has 0 saturated carbocycles. The molecule has 4 rings (SSSR count). The normalized spacial score (nSPS) is 24.0. The third-order valence-electron chi connectivity index (χ3n) is 5.39. The first-order chi connectivity index (χ1) is 12.2. The Hall–Kier alpha value is -1.76. The van der Waals surface area contributed by atoms with Crippen molar-refractivity contribution >= 4 is 16.7 Å². The van der Waals surface area contributed by atoms with Gasteiger partial charge in [0.2, 0.25) is 0 Å². The molecule has 6 heteroatoms. The minimum Gasteiger partial charge on any atom is -0.383 e. The van der Waals surface area contributed by atoms with Gasteiger partial charge in [-0.1, -0.05) is 12.1 Å². The Morgan fingerprint density at radius 3 is 2.76 bits per heavy atom. The van der Waals surface area contributed by atoms with Crippen LogP contribution in [0, 0.1) is 0 Å². The highest BCUT2D eigenvalue weighted by Gasteiger charge is 2.28. The maximum Gasteiger partial charge on any atom is 0.145 e. The Kier molecular flexibility index (Phi) is 4.83. The fourth-order valence-corrected chi connectivity index (χ4v) is 4.04. The quantitative estimate of drug-likeness (QED) is 0.920. The largest absolute Gasteiger partial charge is 0.383 e. The second-order valence-electron chi connectivity index (χ2n) is 7.23. The molecule has 0 amide bonds. The molecular weight excluding hydrogens is 314 g/mol. The molecule has 25 heavy (non-hydrogen) atoms. The van der Waals surface area contributed by atoms with Crippen LogP contribution >= 0.6 is 0 Å². The predicted molar refractivity (Wildman–Crippen MR) is 99.2 cm³/mol. The molecule has 0 spiro atoms. The Balaban J connectivity index is 1.37. The van der Waals surface area contributed by atoms with Crippen LogP contribution in [0.25, 0.3) is 10.9 Å². The van der Waals surface area contributed by atoms with E-state index in [1.807, 2.05) is 24.3 Å². The molecule has 6 nitrogen and oxygen atoms in total. The topological polar surface area (TPSA) is 67.5 Å². The minimum atomic E-state index is 0.362. The number of nitrogens with zero attached hydrogens (tertiary/aromatic N) is 4. The first-order valence-electron chi connectivity index (χ1n) is 9.28. The highest BCUT2D eigenvalue weighted by atomic mass is 16.5. The third kappa shape index (κ3) is 3.76. The summed E-state index contributed by atoms with van der Waals surface area (Å²) in [4.78, 5) is 14.3. The van der Waals surface area contributed by atoms with E-state index in [1.165, 1.54) is 12.8 Å². The molecular formula is C19H27N5O. The van der Waals surface area contributed by atoms with E-state index in [0.29, 0.717) is 18.0 Å². The van der Waals surface area contributed by atoms with E-state index < -0.39 is 0 Å². The van der Waals surface area contributed by atoms with E-state index in [4.69, 9.17) is 10.5 Å². The summed E-state index contributed by atoms with van der Waals surface area (Å²) in [6.07, 6.45) is 2.77. The molecule has 0 aliphatic carbocycles. The first kappa shape index (κ1) is 16.7. The molecule has 2 aromatic rings. The number of nitrogens with two attached hydrogens (primary N) is 1. The number of ether oxygens (including phenoxy) is 1. The average Bonchev–Trinajstić information content (AvgIpc) is 2.62. The van der Waals surface area contributed by atoms with Crippen molar-refractivity contribution < 1.29 is 4.74 Å². The zero-order chi connectivity index (χ0) is 17.2. The van der Waals surface area contributed by atoms with E-state index in [0.717, 1.165) is 56.1 Å². The first-order valence-corrected chi connectivity index (χ1v) is 9.28. The van der Waals surface area contributed by atoms with Crippen molar-refractivity contribution in [3.63, 3.8) is 0 Å². The van der Waals surface area contributed by atoms with Crippen molar-refractivity contribution in [3.05, 3.63) is 30.1 Å². The summed E-state index contributed by atoms with van der Waals surface area (Å²) in [6.45, 7) is 8.13. The van der Waals surface area contributed by atoms with Gasteiger partial charge in [-0.2, -0.15) is 0 Å². The van der Waals surface area contributed by atoms with Gasteiger partial charge in [-0.15, -0.1) is 0 Å². The van der Waals surface area contributed by atoms with Gasteiger partial charge in [-0.05, 0) is 31.9 Å². The standard InChI is InChI=1S/C19H27N5O/c1-14-12-24(10-11-25-14)15-6-8-23(9-7-15)13-18-21-17-5-3-2-4-16(17)19(20)22-18/h2-5,14-15H,6-13H2,1H3,(H2,20,21,22)/t14-/m1/s1. The van der Waals surface area contributed by atoms with Gasteiger partial charge in [-0.3, -0.25) is 9.80 Å². The smallest absolute Gasteiger partial charge is 0.145 e. The van der Waals surface area contributed by atoms with Gasteiger partial charge in [0.15, 0.2) is 0 Å². The number of anilines is 1. The van der Waals surface area contributed by atoms with Crippen LogP contribution in [0.3, 0.4) is 0 Å². The van der Waals surface area contributed by atoms with E-state index in [-0.39, 0.29) is 0 Å². The van der Waals surface area contributed by atoms with Crippen molar-refractivity contribution in [2.24, 2.45) is 0 Å². The van der Waals surface area contributed by atoms with Crippen LogP contribution in [0.15, 0.2) is 24.3 Å². The van der Waals surface area contributed by atoms with Gasteiger partial charge in [0.1, 0.15) is 11.6 Å². The van der Waals surface area contributed by atoms with Crippen LogP contribution < -0.4 is 5.73 Å². The van der Waals surface area contributed by atoms with Crippen molar-refractivity contribution in [1.82, 2.24) is 19.8 Å². The molecule has 2 N–H and O–H groups in total. The molecule has 2 fully saturated rings. The van der Waals surface area contributed by atoms with Crippen molar-refractivity contribution in [2.45, 2.75) is 38.5 Å². The lowest BCUT2D eigenvalue weighted by Gasteiger charge is -2.41. The Labute approximate surface area is 149 Å². The lowest BCUT2D eigenvalue weighted by atomic mass is 10.0. The summed E-state index contributed by atoms with van der Waals surface area (Å²) in [7, 11) is 0. The number of benzene rings is 1. The van der Waals surface area contributed by atoms with Crippen LogP contribution in [0.1, 0.15) is 25.6 Å². The second-order valence-corrected chi connectivity index (χ2v) is 7.23. The molecule has 134 valence electrons. The number of fused-ring (bicyclic) bond motifs is 1. The van der Waals surface area contributed by atoms with Crippen molar-refractivity contribution in [2.75, 3.05) is 38.5 Å². The Morgan fingerprint density at radius 2 is 1.96 bits per heavy atom. The van der Waals surface area contributed by atoms with Crippen LogP contribution in [-0.2, 0) is 11.3 Å². The van der Waals surface area contributed by atoms with Gasteiger partial charge in [0, 0.05) is 37.6 Å². The number of rotatable bonds is 3. The van der Waals surface area contributed by atoms with E-state index in [2.05, 4.69) is 26.7 Å². The third-order valence-corrected chi connectivity index (χ3v) is 5.39. The summed E-state index contributed by atoms with van der Waals surface area (Å²) < 4.78 is 5.66. The molecule has 2 saturated heterocycles. The second kappa shape index (κ2) is 7.23. The van der Waals surface area contributed by atoms with E-state index >= 15 is 0 Å². The number of piperidine rings is 1. The van der Waals surface area contributed by atoms with E-state index in [9.17, 15) is 0 Å². The molecule has 1 aromatic heterocycles. The molecule has 3 heterocycles.